The lowest BCUT2D eigenvalue weighted by atomic mass is 9.86. The Balaban J connectivity index is 1.75. The number of aromatic nitrogens is 1. The molecule has 3 rings (SSSR count). The topological polar surface area (TPSA) is 56.6 Å². The van der Waals surface area contributed by atoms with Gasteiger partial charge in [0.25, 0.3) is 0 Å². The highest BCUT2D eigenvalue weighted by atomic mass is 35.5. The average molecular weight is 305 g/mol. The molecule has 1 aliphatic rings. The summed E-state index contributed by atoms with van der Waals surface area (Å²) in [6.45, 7) is 2.64. The summed E-state index contributed by atoms with van der Waals surface area (Å²) in [5.41, 5.74) is 0.622. The quantitative estimate of drug-likeness (QED) is 0.915. The minimum absolute atomic E-state index is 0.477. The second-order valence-electron chi connectivity index (χ2n) is 5.49. The predicted molar refractivity (Wildman–Crippen MR) is 82.4 cm³/mol. The van der Waals surface area contributed by atoms with Crippen LogP contribution in [0.25, 0.3) is 0 Å². The van der Waals surface area contributed by atoms with Crippen molar-refractivity contribution in [3.05, 3.63) is 58.7 Å². The van der Waals surface area contributed by atoms with Crippen molar-refractivity contribution in [1.82, 2.24) is 4.98 Å². The van der Waals surface area contributed by atoms with Gasteiger partial charge in [-0.25, -0.2) is 4.98 Å². The van der Waals surface area contributed by atoms with E-state index in [4.69, 9.17) is 11.6 Å². The van der Waals surface area contributed by atoms with E-state index in [0.717, 1.165) is 11.4 Å². The molecule has 2 N–H and O–H groups in total. The standard InChI is InChI=1S/C16H17ClN2O2/c1-11(20)14-3-2-4-15(18-14)19-9-16(21,10-19)12-5-7-13(17)8-6-12/h2-8,11,20-21H,9-10H2,1H3. The van der Waals surface area contributed by atoms with Crippen molar-refractivity contribution in [2.75, 3.05) is 18.0 Å². The second kappa shape index (κ2) is 5.30. The highest BCUT2D eigenvalue weighted by molar-refractivity contribution is 6.30. The molecule has 0 bridgehead atoms. The van der Waals surface area contributed by atoms with Crippen molar-refractivity contribution in [2.45, 2.75) is 18.6 Å². The van der Waals surface area contributed by atoms with Crippen LogP contribution in [-0.4, -0.2) is 28.3 Å². The Bertz CT molecular complexity index is 637. The van der Waals surface area contributed by atoms with E-state index in [9.17, 15) is 10.2 Å². The molecule has 1 aliphatic heterocycles. The number of nitrogens with zero attached hydrogens (tertiary/aromatic N) is 2. The molecule has 0 radical (unpaired) electrons. The zero-order valence-electron chi connectivity index (χ0n) is 11.7. The lowest BCUT2D eigenvalue weighted by Gasteiger charge is -2.47. The number of rotatable bonds is 3. The highest BCUT2D eigenvalue weighted by Gasteiger charge is 2.43. The van der Waals surface area contributed by atoms with Crippen LogP contribution in [0, 0.1) is 0 Å². The van der Waals surface area contributed by atoms with Gasteiger partial charge in [0.15, 0.2) is 0 Å². The maximum absolute atomic E-state index is 10.6. The van der Waals surface area contributed by atoms with Crippen LogP contribution in [0.5, 0.6) is 0 Å². The van der Waals surface area contributed by atoms with E-state index in [2.05, 4.69) is 4.98 Å². The molecule has 110 valence electrons. The first-order valence-electron chi connectivity index (χ1n) is 6.86. The number of halogens is 1. The summed E-state index contributed by atoms with van der Waals surface area (Å²) in [4.78, 5) is 6.40. The zero-order valence-corrected chi connectivity index (χ0v) is 12.5. The summed E-state index contributed by atoms with van der Waals surface area (Å²) in [5, 5.41) is 20.9. The van der Waals surface area contributed by atoms with Gasteiger partial charge in [0.05, 0.1) is 24.9 Å². The van der Waals surface area contributed by atoms with E-state index in [-0.39, 0.29) is 0 Å². The zero-order chi connectivity index (χ0) is 15.0. The first-order valence-corrected chi connectivity index (χ1v) is 7.24. The summed E-state index contributed by atoms with van der Waals surface area (Å²) in [5.74, 6) is 0.770. The third-order valence-electron chi connectivity index (χ3n) is 3.79. The van der Waals surface area contributed by atoms with E-state index in [0.29, 0.717) is 23.8 Å². The van der Waals surface area contributed by atoms with Gasteiger partial charge < -0.3 is 15.1 Å². The number of benzene rings is 1. The average Bonchev–Trinajstić information content (AvgIpc) is 2.45. The smallest absolute Gasteiger partial charge is 0.129 e. The van der Waals surface area contributed by atoms with Gasteiger partial charge in [0, 0.05) is 5.02 Å². The summed E-state index contributed by atoms with van der Waals surface area (Å²) in [6, 6.07) is 12.8. The van der Waals surface area contributed by atoms with Crippen molar-refractivity contribution in [2.24, 2.45) is 0 Å². The Hall–Kier alpha value is -1.62. The highest BCUT2D eigenvalue weighted by Crippen LogP contribution is 2.35. The molecule has 1 atom stereocenters. The molecular formula is C16H17ClN2O2. The van der Waals surface area contributed by atoms with E-state index in [1.807, 2.05) is 29.2 Å². The van der Waals surface area contributed by atoms with Crippen LogP contribution in [0.2, 0.25) is 5.02 Å². The molecule has 1 aromatic heterocycles. The molecular weight excluding hydrogens is 288 g/mol. The Morgan fingerprint density at radius 1 is 1.19 bits per heavy atom. The Morgan fingerprint density at radius 3 is 2.48 bits per heavy atom. The molecule has 2 aromatic rings. The van der Waals surface area contributed by atoms with Crippen LogP contribution in [-0.2, 0) is 5.60 Å². The number of aliphatic hydroxyl groups excluding tert-OH is 1. The van der Waals surface area contributed by atoms with Gasteiger partial charge in [0.1, 0.15) is 11.4 Å². The normalized spacial score (nSPS) is 18.2. The van der Waals surface area contributed by atoms with Crippen LogP contribution in [0.15, 0.2) is 42.5 Å². The fourth-order valence-corrected chi connectivity index (χ4v) is 2.66. The number of aliphatic hydroxyl groups is 2. The Morgan fingerprint density at radius 2 is 1.86 bits per heavy atom. The maximum Gasteiger partial charge on any atom is 0.129 e. The van der Waals surface area contributed by atoms with E-state index >= 15 is 0 Å². The van der Waals surface area contributed by atoms with Gasteiger partial charge in [0.2, 0.25) is 0 Å². The summed E-state index contributed by atoms with van der Waals surface area (Å²) in [6.07, 6.45) is -0.596. The second-order valence-corrected chi connectivity index (χ2v) is 5.93. The predicted octanol–water partition coefficient (Wildman–Crippen LogP) is 2.50. The van der Waals surface area contributed by atoms with Gasteiger partial charge in [-0.05, 0) is 36.8 Å². The third kappa shape index (κ3) is 2.75. The molecule has 0 spiro atoms. The minimum Gasteiger partial charge on any atom is -0.387 e. The maximum atomic E-state index is 10.6. The van der Waals surface area contributed by atoms with Crippen molar-refractivity contribution >= 4 is 17.4 Å². The molecule has 2 heterocycles. The molecule has 1 aromatic carbocycles. The number of anilines is 1. The van der Waals surface area contributed by atoms with E-state index in [1.165, 1.54) is 0 Å². The number of hydrogen-bond acceptors (Lipinski definition) is 4. The first kappa shape index (κ1) is 14.3. The van der Waals surface area contributed by atoms with Crippen molar-refractivity contribution in [1.29, 1.82) is 0 Å². The molecule has 1 unspecified atom stereocenters. The molecule has 1 fully saturated rings. The molecule has 0 saturated carbocycles. The van der Waals surface area contributed by atoms with Crippen LogP contribution >= 0.6 is 11.6 Å². The van der Waals surface area contributed by atoms with Crippen LogP contribution in [0.3, 0.4) is 0 Å². The SMILES string of the molecule is CC(O)c1cccc(N2CC(O)(c3ccc(Cl)cc3)C2)n1. The monoisotopic (exact) mass is 304 g/mol. The summed E-state index contributed by atoms with van der Waals surface area (Å²) in [7, 11) is 0. The first-order chi connectivity index (χ1) is 9.98. The Labute approximate surface area is 128 Å². The van der Waals surface area contributed by atoms with Gasteiger partial charge in [-0.3, -0.25) is 0 Å². The lowest BCUT2D eigenvalue weighted by Crippen LogP contribution is -2.59. The van der Waals surface area contributed by atoms with Gasteiger partial charge >= 0.3 is 0 Å². The Kier molecular flexibility index (Phi) is 3.61. The number of pyridine rings is 1. The fraction of sp³-hybridized carbons (Fsp3) is 0.312. The van der Waals surface area contributed by atoms with E-state index in [1.54, 1.807) is 25.1 Å². The number of β-amino-alcohol motifs (C(OH)–C–C–N with tert-alkyl or cyclic N) is 1. The van der Waals surface area contributed by atoms with E-state index < -0.39 is 11.7 Å². The van der Waals surface area contributed by atoms with Crippen LogP contribution < -0.4 is 4.90 Å². The minimum atomic E-state index is -0.868. The molecule has 21 heavy (non-hydrogen) atoms. The molecule has 0 amide bonds. The fourth-order valence-electron chi connectivity index (χ4n) is 2.54. The summed E-state index contributed by atoms with van der Waals surface area (Å²) < 4.78 is 0. The van der Waals surface area contributed by atoms with Crippen LogP contribution in [0.1, 0.15) is 24.3 Å². The van der Waals surface area contributed by atoms with Crippen molar-refractivity contribution < 1.29 is 10.2 Å². The van der Waals surface area contributed by atoms with Crippen molar-refractivity contribution in [3.63, 3.8) is 0 Å². The lowest BCUT2D eigenvalue weighted by molar-refractivity contribution is 0.00701. The largest absolute Gasteiger partial charge is 0.387 e. The molecule has 1 saturated heterocycles. The molecule has 0 aliphatic carbocycles. The third-order valence-corrected chi connectivity index (χ3v) is 4.05. The van der Waals surface area contributed by atoms with Gasteiger partial charge in [-0.15, -0.1) is 0 Å². The van der Waals surface area contributed by atoms with Gasteiger partial charge in [-0.1, -0.05) is 29.8 Å². The molecule has 5 heteroatoms. The molecule has 4 nitrogen and oxygen atoms in total. The van der Waals surface area contributed by atoms with Crippen molar-refractivity contribution in [3.8, 4) is 0 Å². The van der Waals surface area contributed by atoms with Gasteiger partial charge in [-0.2, -0.15) is 0 Å². The van der Waals surface area contributed by atoms with Crippen LogP contribution in [0.4, 0.5) is 5.82 Å². The summed E-state index contributed by atoms with van der Waals surface area (Å²) >= 11 is 5.87. The number of hydrogen-bond donors (Lipinski definition) is 2.